The largest absolute Gasteiger partial charge is 0.378 e. The first-order valence-electron chi connectivity index (χ1n) is 7.60. The predicted octanol–water partition coefficient (Wildman–Crippen LogP) is 0.795. The number of hydrogen-bond donors (Lipinski definition) is 0. The third-order valence-electron chi connectivity index (χ3n) is 4.99. The van der Waals surface area contributed by atoms with E-state index in [0.717, 1.165) is 24.8 Å². The molecule has 6 nitrogen and oxygen atoms in total. The van der Waals surface area contributed by atoms with Gasteiger partial charge in [-0.3, -0.25) is 9.78 Å². The number of anilines is 1. The lowest BCUT2D eigenvalue weighted by Crippen LogP contribution is -2.41. The molecule has 0 radical (unpaired) electrons. The second-order valence-electron chi connectivity index (χ2n) is 6.60. The van der Waals surface area contributed by atoms with E-state index in [1.165, 1.54) is 6.42 Å². The number of morpholine rings is 1. The van der Waals surface area contributed by atoms with Gasteiger partial charge in [0.25, 0.3) is 5.91 Å². The summed E-state index contributed by atoms with van der Waals surface area (Å²) in [6.45, 7) is 6.87. The maximum Gasteiger partial charge on any atom is 0.274 e. The van der Waals surface area contributed by atoms with Crippen molar-refractivity contribution < 1.29 is 9.53 Å². The van der Waals surface area contributed by atoms with Crippen LogP contribution in [0.5, 0.6) is 0 Å². The van der Waals surface area contributed by atoms with Crippen molar-refractivity contribution >= 4 is 11.7 Å². The number of amides is 1. The van der Waals surface area contributed by atoms with Crippen molar-refractivity contribution in [3.63, 3.8) is 0 Å². The van der Waals surface area contributed by atoms with Gasteiger partial charge in [-0.2, -0.15) is 0 Å². The van der Waals surface area contributed by atoms with Crippen LogP contribution in [0.1, 0.15) is 23.8 Å². The van der Waals surface area contributed by atoms with Gasteiger partial charge in [-0.1, -0.05) is 6.92 Å². The first-order chi connectivity index (χ1) is 10.2. The molecule has 2 saturated heterocycles. The SMILES string of the molecule is CC12CC1CN(c1cncc(C(=O)N3CCOCC3)n1)C2. The van der Waals surface area contributed by atoms with Crippen molar-refractivity contribution in [1.29, 1.82) is 0 Å². The second kappa shape index (κ2) is 4.66. The smallest absolute Gasteiger partial charge is 0.274 e. The number of carbonyl (C=O) groups excluding carboxylic acids is 1. The molecule has 1 aromatic heterocycles. The van der Waals surface area contributed by atoms with Gasteiger partial charge >= 0.3 is 0 Å². The van der Waals surface area contributed by atoms with E-state index in [4.69, 9.17) is 4.74 Å². The third-order valence-corrected chi connectivity index (χ3v) is 4.99. The highest BCUT2D eigenvalue weighted by Gasteiger charge is 2.56. The third kappa shape index (κ3) is 2.27. The fraction of sp³-hybridized carbons (Fsp3) is 0.667. The standard InChI is InChI=1S/C15H20N4O2/c1-15-6-11(15)9-19(10-15)13-8-16-7-12(17-13)14(20)18-2-4-21-5-3-18/h7-8,11H,2-6,9-10H2,1H3. The number of hydrogen-bond acceptors (Lipinski definition) is 5. The maximum atomic E-state index is 12.5. The van der Waals surface area contributed by atoms with Gasteiger partial charge in [-0.15, -0.1) is 0 Å². The van der Waals surface area contributed by atoms with Gasteiger partial charge in [0, 0.05) is 26.2 Å². The quantitative estimate of drug-likeness (QED) is 0.805. The summed E-state index contributed by atoms with van der Waals surface area (Å²) < 4.78 is 5.28. The molecule has 1 aromatic rings. The van der Waals surface area contributed by atoms with Gasteiger partial charge in [-0.25, -0.2) is 4.98 Å². The molecule has 4 rings (SSSR count). The summed E-state index contributed by atoms with van der Waals surface area (Å²) in [4.78, 5) is 25.3. The van der Waals surface area contributed by atoms with Crippen LogP contribution in [-0.2, 0) is 4.74 Å². The van der Waals surface area contributed by atoms with Crippen LogP contribution in [0.4, 0.5) is 5.82 Å². The Morgan fingerprint density at radius 1 is 1.38 bits per heavy atom. The van der Waals surface area contributed by atoms with E-state index in [0.29, 0.717) is 37.4 Å². The summed E-state index contributed by atoms with van der Waals surface area (Å²) in [6.07, 6.45) is 4.66. The number of piperidine rings is 1. The first-order valence-corrected chi connectivity index (χ1v) is 7.60. The van der Waals surface area contributed by atoms with Crippen LogP contribution in [0.15, 0.2) is 12.4 Å². The Morgan fingerprint density at radius 3 is 2.90 bits per heavy atom. The van der Waals surface area contributed by atoms with Crippen molar-refractivity contribution in [3.05, 3.63) is 18.1 Å². The molecule has 2 aliphatic heterocycles. The van der Waals surface area contributed by atoms with Crippen LogP contribution in [0.2, 0.25) is 0 Å². The molecule has 2 atom stereocenters. The summed E-state index contributed by atoms with van der Waals surface area (Å²) in [5, 5.41) is 0. The highest BCUT2D eigenvalue weighted by molar-refractivity contribution is 5.92. The van der Waals surface area contributed by atoms with Crippen LogP contribution in [0, 0.1) is 11.3 Å². The Morgan fingerprint density at radius 2 is 2.19 bits per heavy atom. The monoisotopic (exact) mass is 288 g/mol. The molecule has 21 heavy (non-hydrogen) atoms. The Hall–Kier alpha value is -1.69. The summed E-state index contributed by atoms with van der Waals surface area (Å²) in [6, 6.07) is 0. The first kappa shape index (κ1) is 13.0. The zero-order chi connectivity index (χ0) is 14.4. The minimum Gasteiger partial charge on any atom is -0.378 e. The van der Waals surface area contributed by atoms with E-state index < -0.39 is 0 Å². The van der Waals surface area contributed by atoms with E-state index >= 15 is 0 Å². The molecule has 3 fully saturated rings. The van der Waals surface area contributed by atoms with Gasteiger partial charge in [0.15, 0.2) is 0 Å². The van der Waals surface area contributed by atoms with Gasteiger partial charge < -0.3 is 14.5 Å². The highest BCUT2D eigenvalue weighted by atomic mass is 16.5. The van der Waals surface area contributed by atoms with E-state index in [1.54, 1.807) is 17.3 Å². The van der Waals surface area contributed by atoms with Crippen molar-refractivity contribution in [1.82, 2.24) is 14.9 Å². The predicted molar refractivity (Wildman–Crippen MR) is 77.2 cm³/mol. The van der Waals surface area contributed by atoms with Gasteiger partial charge in [0.1, 0.15) is 11.5 Å². The lowest BCUT2D eigenvalue weighted by atomic mass is 10.1. The molecule has 0 bridgehead atoms. The highest BCUT2D eigenvalue weighted by Crippen LogP contribution is 2.57. The summed E-state index contributed by atoms with van der Waals surface area (Å²) in [5.41, 5.74) is 0.909. The molecule has 1 aliphatic carbocycles. The Balaban J connectivity index is 1.51. The van der Waals surface area contributed by atoms with Crippen LogP contribution >= 0.6 is 0 Å². The van der Waals surface area contributed by atoms with Crippen LogP contribution in [0.3, 0.4) is 0 Å². The zero-order valence-electron chi connectivity index (χ0n) is 12.3. The van der Waals surface area contributed by atoms with Gasteiger partial charge in [0.2, 0.25) is 0 Å². The fourth-order valence-electron chi connectivity index (χ4n) is 3.46. The number of rotatable bonds is 2. The van der Waals surface area contributed by atoms with Crippen LogP contribution in [-0.4, -0.2) is 60.2 Å². The van der Waals surface area contributed by atoms with Crippen LogP contribution in [0.25, 0.3) is 0 Å². The topological polar surface area (TPSA) is 58.6 Å². The minimum atomic E-state index is -0.0387. The molecule has 0 aromatic carbocycles. The molecule has 6 heteroatoms. The molecular weight excluding hydrogens is 268 g/mol. The Kier molecular flexibility index (Phi) is 2.89. The van der Waals surface area contributed by atoms with Gasteiger partial charge in [0.05, 0.1) is 25.6 Å². The number of nitrogens with zero attached hydrogens (tertiary/aromatic N) is 4. The normalized spacial score (nSPS) is 31.2. The van der Waals surface area contributed by atoms with Crippen LogP contribution < -0.4 is 4.90 Å². The second-order valence-corrected chi connectivity index (χ2v) is 6.60. The van der Waals surface area contributed by atoms with Crippen molar-refractivity contribution in [2.24, 2.45) is 11.3 Å². The summed E-state index contributed by atoms with van der Waals surface area (Å²) in [5.74, 6) is 1.59. The van der Waals surface area contributed by atoms with E-state index in [2.05, 4.69) is 21.8 Å². The number of aromatic nitrogens is 2. The number of ether oxygens (including phenoxy) is 1. The van der Waals surface area contributed by atoms with Crippen molar-refractivity contribution in [2.45, 2.75) is 13.3 Å². The molecule has 1 amide bonds. The summed E-state index contributed by atoms with van der Waals surface area (Å²) >= 11 is 0. The van der Waals surface area contributed by atoms with E-state index in [-0.39, 0.29) is 5.91 Å². The molecule has 0 spiro atoms. The Labute approximate surface area is 124 Å². The lowest BCUT2D eigenvalue weighted by molar-refractivity contribution is 0.0299. The fourth-order valence-corrected chi connectivity index (χ4v) is 3.46. The molecule has 3 heterocycles. The summed E-state index contributed by atoms with van der Waals surface area (Å²) in [7, 11) is 0. The van der Waals surface area contributed by atoms with Crippen molar-refractivity contribution in [3.8, 4) is 0 Å². The minimum absolute atomic E-state index is 0.0387. The molecule has 2 unspecified atom stereocenters. The van der Waals surface area contributed by atoms with E-state index in [9.17, 15) is 4.79 Å². The molecule has 1 saturated carbocycles. The maximum absolute atomic E-state index is 12.5. The zero-order valence-corrected chi connectivity index (χ0v) is 12.3. The number of carbonyl (C=O) groups is 1. The average Bonchev–Trinajstić information content (AvgIpc) is 3.05. The Bertz CT molecular complexity index is 573. The average molecular weight is 288 g/mol. The molecule has 112 valence electrons. The van der Waals surface area contributed by atoms with Crippen molar-refractivity contribution in [2.75, 3.05) is 44.3 Å². The van der Waals surface area contributed by atoms with Gasteiger partial charge in [-0.05, 0) is 17.8 Å². The van der Waals surface area contributed by atoms with E-state index in [1.807, 2.05) is 0 Å². The molecular formula is C15H20N4O2. The number of fused-ring (bicyclic) bond motifs is 1. The lowest BCUT2D eigenvalue weighted by Gasteiger charge is -2.27. The molecule has 0 N–H and O–H groups in total. The molecule has 3 aliphatic rings.